The summed E-state index contributed by atoms with van der Waals surface area (Å²) in [5, 5.41) is 8.40. The molecule has 0 radical (unpaired) electrons. The lowest BCUT2D eigenvalue weighted by atomic mass is 10.0. The van der Waals surface area contributed by atoms with Crippen LogP contribution < -0.4 is 0 Å². The molecule has 0 saturated carbocycles. The zero-order chi connectivity index (χ0) is 15.8. The van der Waals surface area contributed by atoms with Crippen molar-refractivity contribution in [2.24, 2.45) is 0 Å². The summed E-state index contributed by atoms with van der Waals surface area (Å²) in [5.74, 6) is 0. The fourth-order valence-electron chi connectivity index (χ4n) is 2.82. The molecule has 128 valence electrons. The topological polar surface area (TPSA) is 20.2 Å². The van der Waals surface area contributed by atoms with Gasteiger partial charge in [0, 0.05) is 0 Å². The maximum Gasteiger partial charge on any atom is 0.135 e. The van der Waals surface area contributed by atoms with Gasteiger partial charge in [-0.3, -0.25) is 0 Å². The van der Waals surface area contributed by atoms with E-state index >= 15 is 0 Å². The summed E-state index contributed by atoms with van der Waals surface area (Å²) < 4.78 is 0. The van der Waals surface area contributed by atoms with Crippen molar-refractivity contribution in [3.8, 4) is 0 Å². The molecule has 1 N–H and O–H groups in total. The van der Waals surface area contributed by atoms with E-state index in [4.69, 9.17) is 11.6 Å². The highest BCUT2D eigenvalue weighted by atomic mass is 35.5. The van der Waals surface area contributed by atoms with Crippen LogP contribution in [0.4, 0.5) is 0 Å². The van der Waals surface area contributed by atoms with Crippen molar-refractivity contribution in [3.05, 3.63) is 0 Å². The van der Waals surface area contributed by atoms with Crippen LogP contribution in [0.5, 0.6) is 0 Å². The molecule has 0 heterocycles. The molecule has 0 aliphatic heterocycles. The van der Waals surface area contributed by atoms with Gasteiger partial charge in [-0.1, -0.05) is 108 Å². The Morgan fingerprint density at radius 1 is 0.619 bits per heavy atom. The molecule has 0 saturated heterocycles. The first kappa shape index (κ1) is 21.2. The molecular formula is C19H39ClO. The molecule has 2 heteroatoms. The molecule has 0 aromatic rings. The van der Waals surface area contributed by atoms with Crippen molar-refractivity contribution < 1.29 is 5.11 Å². The molecule has 0 rings (SSSR count). The highest BCUT2D eigenvalue weighted by molar-refractivity contribution is 6.22. The van der Waals surface area contributed by atoms with E-state index in [0.29, 0.717) is 6.42 Å². The van der Waals surface area contributed by atoms with Gasteiger partial charge in [-0.25, -0.2) is 0 Å². The van der Waals surface area contributed by atoms with Crippen LogP contribution in [-0.4, -0.2) is 10.2 Å². The van der Waals surface area contributed by atoms with Gasteiger partial charge in [0.05, 0.1) is 0 Å². The summed E-state index contributed by atoms with van der Waals surface area (Å²) in [6, 6.07) is 0. The van der Waals surface area contributed by atoms with Gasteiger partial charge in [-0.05, 0) is 19.8 Å². The maximum absolute atomic E-state index is 9.39. The first-order valence-corrected chi connectivity index (χ1v) is 9.85. The van der Waals surface area contributed by atoms with Gasteiger partial charge in [0.15, 0.2) is 0 Å². The summed E-state index contributed by atoms with van der Waals surface area (Å²) in [4.78, 5) is 0. The minimum Gasteiger partial charge on any atom is -0.375 e. The van der Waals surface area contributed by atoms with E-state index in [1.165, 1.54) is 89.9 Å². The minimum atomic E-state index is -0.990. The van der Waals surface area contributed by atoms with Crippen LogP contribution in [0.3, 0.4) is 0 Å². The van der Waals surface area contributed by atoms with Gasteiger partial charge >= 0.3 is 0 Å². The van der Waals surface area contributed by atoms with Crippen molar-refractivity contribution in [1.82, 2.24) is 0 Å². The Morgan fingerprint density at radius 3 is 1.19 bits per heavy atom. The Morgan fingerprint density at radius 2 is 0.905 bits per heavy atom. The van der Waals surface area contributed by atoms with E-state index in [-0.39, 0.29) is 0 Å². The van der Waals surface area contributed by atoms with Crippen LogP contribution in [0.25, 0.3) is 0 Å². The van der Waals surface area contributed by atoms with Gasteiger partial charge in [0.25, 0.3) is 0 Å². The Labute approximate surface area is 138 Å². The summed E-state index contributed by atoms with van der Waals surface area (Å²) in [5.41, 5.74) is 0. The average molecular weight is 319 g/mol. The summed E-state index contributed by atoms with van der Waals surface area (Å²) in [6.45, 7) is 3.96. The summed E-state index contributed by atoms with van der Waals surface area (Å²) in [6.07, 6.45) is 21.3. The van der Waals surface area contributed by atoms with Gasteiger partial charge in [-0.15, -0.1) is 0 Å². The molecule has 0 fully saturated rings. The highest BCUT2D eigenvalue weighted by Crippen LogP contribution is 2.19. The van der Waals surface area contributed by atoms with Gasteiger partial charge in [0.2, 0.25) is 0 Å². The number of hydrogen-bond acceptors (Lipinski definition) is 1. The Balaban J connectivity index is 3.00. The van der Waals surface area contributed by atoms with E-state index in [2.05, 4.69) is 6.92 Å². The fraction of sp³-hybridized carbons (Fsp3) is 1.00. The zero-order valence-corrected chi connectivity index (χ0v) is 15.4. The lowest BCUT2D eigenvalue weighted by Gasteiger charge is -2.13. The highest BCUT2D eigenvalue weighted by Gasteiger charge is 2.13. The molecule has 1 atom stereocenters. The number of aliphatic hydroxyl groups is 1. The molecular weight excluding hydrogens is 280 g/mol. The normalized spacial score (nSPS) is 14.3. The van der Waals surface area contributed by atoms with Gasteiger partial charge in [-0.2, -0.15) is 0 Å². The van der Waals surface area contributed by atoms with Crippen LogP contribution in [-0.2, 0) is 0 Å². The predicted octanol–water partition coefficient (Wildman–Crippen LogP) is 7.20. The lowest BCUT2D eigenvalue weighted by Crippen LogP contribution is -2.13. The van der Waals surface area contributed by atoms with E-state index < -0.39 is 5.06 Å². The molecule has 0 aliphatic rings. The number of alkyl halides is 1. The second-order valence-corrected chi connectivity index (χ2v) is 7.66. The summed E-state index contributed by atoms with van der Waals surface area (Å²) >= 11 is 5.75. The van der Waals surface area contributed by atoms with Crippen molar-refractivity contribution in [1.29, 1.82) is 0 Å². The Bertz CT molecular complexity index is 198. The first-order chi connectivity index (χ1) is 10.1. The quantitative estimate of drug-likeness (QED) is 0.236. The van der Waals surface area contributed by atoms with Gasteiger partial charge in [0.1, 0.15) is 5.06 Å². The molecule has 0 aliphatic carbocycles. The van der Waals surface area contributed by atoms with Crippen molar-refractivity contribution in [2.45, 2.75) is 122 Å². The van der Waals surface area contributed by atoms with Crippen LogP contribution in [0.2, 0.25) is 0 Å². The van der Waals surface area contributed by atoms with Crippen molar-refractivity contribution >= 4 is 11.6 Å². The second kappa shape index (κ2) is 15.2. The maximum atomic E-state index is 9.39. The van der Waals surface area contributed by atoms with Crippen molar-refractivity contribution in [2.75, 3.05) is 0 Å². The smallest absolute Gasteiger partial charge is 0.135 e. The number of halogens is 1. The molecule has 21 heavy (non-hydrogen) atoms. The SMILES string of the molecule is CCCCCCCCCCCCCCCCCC(C)(O)Cl. The molecule has 1 unspecified atom stereocenters. The standard InChI is InChI=1S/C19H39ClO/c1-3-4-5-6-7-8-9-10-11-12-13-14-15-16-17-18-19(2,20)21/h21H,3-18H2,1-2H3. The molecule has 0 spiro atoms. The van der Waals surface area contributed by atoms with E-state index in [1.54, 1.807) is 6.92 Å². The molecule has 0 bridgehead atoms. The number of hydrogen-bond donors (Lipinski definition) is 1. The van der Waals surface area contributed by atoms with Gasteiger partial charge < -0.3 is 5.11 Å². The summed E-state index contributed by atoms with van der Waals surface area (Å²) in [7, 11) is 0. The monoisotopic (exact) mass is 318 g/mol. The number of unbranched alkanes of at least 4 members (excludes halogenated alkanes) is 14. The van der Waals surface area contributed by atoms with Crippen LogP contribution in [0.15, 0.2) is 0 Å². The number of rotatable bonds is 16. The first-order valence-electron chi connectivity index (χ1n) is 9.47. The zero-order valence-electron chi connectivity index (χ0n) is 14.6. The van der Waals surface area contributed by atoms with Crippen LogP contribution >= 0.6 is 11.6 Å². The molecule has 0 aromatic heterocycles. The van der Waals surface area contributed by atoms with E-state index in [0.717, 1.165) is 6.42 Å². The third-order valence-corrected chi connectivity index (χ3v) is 4.43. The van der Waals surface area contributed by atoms with Crippen LogP contribution in [0, 0.1) is 0 Å². The second-order valence-electron chi connectivity index (χ2n) is 6.84. The molecule has 1 nitrogen and oxygen atoms in total. The lowest BCUT2D eigenvalue weighted by molar-refractivity contribution is 0.135. The third-order valence-electron chi connectivity index (χ3n) is 4.24. The van der Waals surface area contributed by atoms with Crippen molar-refractivity contribution in [3.63, 3.8) is 0 Å². The van der Waals surface area contributed by atoms with E-state index in [9.17, 15) is 5.11 Å². The minimum absolute atomic E-state index is 0.715. The van der Waals surface area contributed by atoms with E-state index in [1.807, 2.05) is 0 Å². The molecule has 0 amide bonds. The predicted molar refractivity (Wildman–Crippen MR) is 96.0 cm³/mol. The molecule has 0 aromatic carbocycles. The third kappa shape index (κ3) is 20.2. The Kier molecular flexibility index (Phi) is 15.3. The largest absolute Gasteiger partial charge is 0.375 e. The Hall–Kier alpha value is 0.250. The van der Waals surface area contributed by atoms with Crippen LogP contribution in [0.1, 0.15) is 117 Å². The average Bonchev–Trinajstić information content (AvgIpc) is 2.42. The fourth-order valence-corrected chi connectivity index (χ4v) is 2.95.